The molecule has 1 saturated heterocycles. The van der Waals surface area contributed by atoms with Gasteiger partial charge in [0, 0.05) is 6.61 Å². The van der Waals surface area contributed by atoms with Crippen LogP contribution in [0.3, 0.4) is 0 Å². The number of carbonyl (C=O) groups is 1. The number of rotatable bonds is 3. The van der Waals surface area contributed by atoms with E-state index in [4.69, 9.17) is 14.4 Å². The molecule has 6 nitrogen and oxygen atoms in total. The van der Waals surface area contributed by atoms with Gasteiger partial charge in [-0.05, 0) is 19.3 Å². The number of carboxylic acid groups (broad SMARTS) is 1. The molecule has 1 aliphatic heterocycles. The smallest absolute Gasteiger partial charge is 0.312 e. The summed E-state index contributed by atoms with van der Waals surface area (Å²) in [5.74, 6) is -0.382. The minimum Gasteiger partial charge on any atom is -0.481 e. The summed E-state index contributed by atoms with van der Waals surface area (Å²) in [6.45, 7) is 0.702. The Kier molecular flexibility index (Phi) is 2.96. The van der Waals surface area contributed by atoms with Gasteiger partial charge in [-0.25, -0.2) is 0 Å². The first kappa shape index (κ1) is 10.1. The summed E-state index contributed by atoms with van der Waals surface area (Å²) < 4.78 is 10.3. The Morgan fingerprint density at radius 1 is 1.53 bits per heavy atom. The van der Waals surface area contributed by atoms with Gasteiger partial charge in [0.15, 0.2) is 0 Å². The fourth-order valence-electron chi connectivity index (χ4n) is 1.54. The van der Waals surface area contributed by atoms with Crippen LogP contribution < -0.4 is 0 Å². The molecule has 1 aromatic rings. The van der Waals surface area contributed by atoms with E-state index in [1.54, 1.807) is 0 Å². The van der Waals surface area contributed by atoms with Crippen LogP contribution in [0.2, 0.25) is 0 Å². The van der Waals surface area contributed by atoms with Crippen molar-refractivity contribution in [2.45, 2.75) is 31.8 Å². The number of nitrogens with zero attached hydrogens (tertiary/aromatic N) is 2. The monoisotopic (exact) mass is 212 g/mol. The Labute approximate surface area is 86.2 Å². The summed E-state index contributed by atoms with van der Waals surface area (Å²) in [6.07, 6.45) is 2.63. The van der Waals surface area contributed by atoms with E-state index in [0.717, 1.165) is 19.3 Å². The topological polar surface area (TPSA) is 85.5 Å². The van der Waals surface area contributed by atoms with Crippen LogP contribution in [-0.4, -0.2) is 27.8 Å². The fraction of sp³-hybridized carbons (Fsp3) is 0.667. The Bertz CT molecular complexity index is 344. The number of aliphatic carboxylic acids is 1. The van der Waals surface area contributed by atoms with Crippen molar-refractivity contribution in [1.29, 1.82) is 0 Å². The third-order valence-electron chi connectivity index (χ3n) is 2.25. The van der Waals surface area contributed by atoms with Crippen LogP contribution in [0.1, 0.15) is 37.1 Å². The molecule has 2 rings (SSSR count). The highest BCUT2D eigenvalue weighted by atomic mass is 16.5. The van der Waals surface area contributed by atoms with Crippen molar-refractivity contribution in [2.24, 2.45) is 0 Å². The Morgan fingerprint density at radius 3 is 3.07 bits per heavy atom. The van der Waals surface area contributed by atoms with Crippen molar-refractivity contribution < 1.29 is 19.2 Å². The van der Waals surface area contributed by atoms with Crippen LogP contribution in [0.25, 0.3) is 0 Å². The molecule has 0 saturated carbocycles. The van der Waals surface area contributed by atoms with Crippen LogP contribution in [0.15, 0.2) is 4.52 Å². The van der Waals surface area contributed by atoms with Crippen molar-refractivity contribution in [3.8, 4) is 0 Å². The standard InChI is InChI=1S/C9H12N2O4/c12-8(13)5-7-10-9(11-15-7)6-3-1-2-4-14-6/h6H,1-5H2,(H,12,13). The molecule has 0 aliphatic carbocycles. The lowest BCUT2D eigenvalue weighted by Crippen LogP contribution is -2.13. The molecule has 1 fully saturated rings. The van der Waals surface area contributed by atoms with E-state index in [0.29, 0.717) is 12.4 Å². The van der Waals surface area contributed by atoms with Crippen LogP contribution in [-0.2, 0) is 16.0 Å². The largest absolute Gasteiger partial charge is 0.481 e. The molecular formula is C9H12N2O4. The van der Waals surface area contributed by atoms with Crippen LogP contribution in [0.5, 0.6) is 0 Å². The zero-order valence-electron chi connectivity index (χ0n) is 8.18. The van der Waals surface area contributed by atoms with E-state index in [-0.39, 0.29) is 18.4 Å². The molecule has 0 spiro atoms. The first-order chi connectivity index (χ1) is 7.25. The summed E-state index contributed by atoms with van der Waals surface area (Å²) in [5, 5.41) is 12.2. The van der Waals surface area contributed by atoms with E-state index < -0.39 is 5.97 Å². The Morgan fingerprint density at radius 2 is 2.40 bits per heavy atom. The predicted molar refractivity (Wildman–Crippen MR) is 48.2 cm³/mol. The molecule has 0 radical (unpaired) electrons. The number of ether oxygens (including phenoxy) is 1. The number of aromatic nitrogens is 2. The third kappa shape index (κ3) is 2.53. The van der Waals surface area contributed by atoms with E-state index in [9.17, 15) is 4.79 Å². The summed E-state index contributed by atoms with van der Waals surface area (Å²) >= 11 is 0. The van der Waals surface area contributed by atoms with Crippen LogP contribution >= 0.6 is 0 Å². The van der Waals surface area contributed by atoms with E-state index in [1.165, 1.54) is 0 Å². The highest BCUT2D eigenvalue weighted by molar-refractivity contribution is 5.68. The second-order valence-corrected chi connectivity index (χ2v) is 3.47. The molecule has 15 heavy (non-hydrogen) atoms. The van der Waals surface area contributed by atoms with E-state index >= 15 is 0 Å². The first-order valence-electron chi connectivity index (χ1n) is 4.91. The molecular weight excluding hydrogens is 200 g/mol. The lowest BCUT2D eigenvalue weighted by molar-refractivity contribution is -0.136. The molecule has 1 N–H and O–H groups in total. The second-order valence-electron chi connectivity index (χ2n) is 3.47. The summed E-state index contributed by atoms with van der Waals surface area (Å²) in [5.41, 5.74) is 0. The van der Waals surface area contributed by atoms with Gasteiger partial charge in [-0.3, -0.25) is 4.79 Å². The summed E-state index contributed by atoms with van der Waals surface area (Å²) in [6, 6.07) is 0. The molecule has 2 heterocycles. The maximum atomic E-state index is 10.4. The molecule has 0 amide bonds. The van der Waals surface area contributed by atoms with Crippen LogP contribution in [0, 0.1) is 0 Å². The number of hydrogen-bond acceptors (Lipinski definition) is 5. The summed E-state index contributed by atoms with van der Waals surface area (Å²) in [4.78, 5) is 14.4. The second kappa shape index (κ2) is 4.39. The zero-order chi connectivity index (χ0) is 10.7. The van der Waals surface area contributed by atoms with Gasteiger partial charge in [-0.1, -0.05) is 5.16 Å². The quantitative estimate of drug-likeness (QED) is 0.802. The van der Waals surface area contributed by atoms with Crippen molar-refractivity contribution in [2.75, 3.05) is 6.61 Å². The van der Waals surface area contributed by atoms with Gasteiger partial charge in [-0.15, -0.1) is 0 Å². The zero-order valence-corrected chi connectivity index (χ0v) is 8.18. The lowest BCUT2D eigenvalue weighted by atomic mass is 10.1. The molecule has 1 unspecified atom stereocenters. The first-order valence-corrected chi connectivity index (χ1v) is 4.91. The van der Waals surface area contributed by atoms with Gasteiger partial charge in [0.05, 0.1) is 0 Å². The summed E-state index contributed by atoms with van der Waals surface area (Å²) in [7, 11) is 0. The Balaban J connectivity index is 2.02. The highest BCUT2D eigenvalue weighted by Crippen LogP contribution is 2.25. The van der Waals surface area contributed by atoms with Crippen molar-refractivity contribution >= 4 is 5.97 Å². The molecule has 1 aromatic heterocycles. The molecule has 1 aliphatic rings. The average Bonchev–Trinajstić information content (AvgIpc) is 2.67. The molecule has 82 valence electrons. The van der Waals surface area contributed by atoms with E-state index in [2.05, 4.69) is 10.1 Å². The molecule has 1 atom stereocenters. The molecule has 6 heteroatoms. The molecule has 0 bridgehead atoms. The minimum atomic E-state index is -0.977. The normalized spacial score (nSPS) is 21.5. The van der Waals surface area contributed by atoms with E-state index in [1.807, 2.05) is 0 Å². The minimum absolute atomic E-state index is 0.131. The van der Waals surface area contributed by atoms with Crippen LogP contribution in [0.4, 0.5) is 0 Å². The SMILES string of the molecule is O=C(O)Cc1nc(C2CCCCO2)no1. The van der Waals surface area contributed by atoms with Gasteiger partial charge in [0.2, 0.25) is 11.7 Å². The van der Waals surface area contributed by atoms with Gasteiger partial charge >= 0.3 is 5.97 Å². The number of hydrogen-bond donors (Lipinski definition) is 1. The number of carboxylic acids is 1. The third-order valence-corrected chi connectivity index (χ3v) is 2.25. The molecule has 0 aromatic carbocycles. The highest BCUT2D eigenvalue weighted by Gasteiger charge is 2.22. The van der Waals surface area contributed by atoms with Gasteiger partial charge in [0.25, 0.3) is 0 Å². The average molecular weight is 212 g/mol. The maximum Gasteiger partial charge on any atom is 0.312 e. The predicted octanol–water partition coefficient (Wildman–Crippen LogP) is 0.938. The van der Waals surface area contributed by atoms with Crippen molar-refractivity contribution in [3.63, 3.8) is 0 Å². The lowest BCUT2D eigenvalue weighted by Gasteiger charge is -2.18. The van der Waals surface area contributed by atoms with Crippen molar-refractivity contribution in [3.05, 3.63) is 11.7 Å². The fourth-order valence-corrected chi connectivity index (χ4v) is 1.54. The van der Waals surface area contributed by atoms with Gasteiger partial charge in [-0.2, -0.15) is 4.98 Å². The van der Waals surface area contributed by atoms with Gasteiger partial charge in [0.1, 0.15) is 12.5 Å². The van der Waals surface area contributed by atoms with Crippen molar-refractivity contribution in [1.82, 2.24) is 10.1 Å². The van der Waals surface area contributed by atoms with Gasteiger partial charge < -0.3 is 14.4 Å². The Hall–Kier alpha value is -1.43. The maximum absolute atomic E-state index is 10.4.